The van der Waals surface area contributed by atoms with Crippen LogP contribution in [0.4, 0.5) is 10.1 Å². The van der Waals surface area contributed by atoms with Gasteiger partial charge in [0.15, 0.2) is 0 Å². The molecule has 0 heterocycles. The van der Waals surface area contributed by atoms with Gasteiger partial charge in [0.2, 0.25) is 15.8 Å². The Balaban J connectivity index is 3.12. The Labute approximate surface area is 103 Å². The molecule has 0 radical (unpaired) electrons. The van der Waals surface area contributed by atoms with Gasteiger partial charge in [-0.05, 0) is 13.0 Å². The van der Waals surface area contributed by atoms with Crippen molar-refractivity contribution in [1.29, 1.82) is 0 Å². The molecule has 0 saturated heterocycles. The Morgan fingerprint density at radius 2 is 2.17 bits per heavy atom. The quantitative estimate of drug-likeness (QED) is 0.595. The van der Waals surface area contributed by atoms with Gasteiger partial charge in [-0.15, -0.1) is 0 Å². The highest BCUT2D eigenvalue weighted by molar-refractivity contribution is 7.89. The second-order valence-corrected chi connectivity index (χ2v) is 5.34. The zero-order valence-corrected chi connectivity index (χ0v) is 10.3. The van der Waals surface area contributed by atoms with Gasteiger partial charge in [-0.25, -0.2) is 13.1 Å². The first kappa shape index (κ1) is 14.5. The number of halogens is 1. The first-order chi connectivity index (χ1) is 8.27. The van der Waals surface area contributed by atoms with E-state index in [2.05, 4.69) is 4.72 Å². The number of nitrogens with one attached hydrogen (secondary N) is 1. The van der Waals surface area contributed by atoms with Crippen molar-refractivity contribution in [3.05, 3.63) is 34.1 Å². The Morgan fingerprint density at radius 1 is 1.56 bits per heavy atom. The summed E-state index contributed by atoms with van der Waals surface area (Å²) < 4.78 is 39.0. The molecule has 1 aromatic rings. The lowest BCUT2D eigenvalue weighted by molar-refractivity contribution is -0.387. The van der Waals surface area contributed by atoms with E-state index in [0.29, 0.717) is 6.07 Å². The van der Waals surface area contributed by atoms with Crippen LogP contribution in [0.3, 0.4) is 0 Å². The van der Waals surface area contributed by atoms with Gasteiger partial charge < -0.3 is 5.73 Å². The summed E-state index contributed by atoms with van der Waals surface area (Å²) in [5, 5.41) is 10.4. The number of rotatable bonds is 5. The molecular weight excluding hydrogens is 265 g/mol. The van der Waals surface area contributed by atoms with Crippen LogP contribution in [-0.2, 0) is 10.0 Å². The van der Waals surface area contributed by atoms with Crippen LogP contribution >= 0.6 is 0 Å². The minimum absolute atomic E-state index is 0.0781. The van der Waals surface area contributed by atoms with E-state index in [-0.39, 0.29) is 11.4 Å². The Bertz CT molecular complexity index is 561. The third-order valence-corrected chi connectivity index (χ3v) is 3.72. The smallest absolute Gasteiger partial charge is 0.304 e. The maximum Gasteiger partial charge on any atom is 0.304 e. The number of hydrogen-bond donors (Lipinski definition) is 2. The molecule has 1 atom stereocenters. The van der Waals surface area contributed by atoms with Gasteiger partial charge in [0.05, 0.1) is 9.82 Å². The van der Waals surface area contributed by atoms with E-state index in [1.807, 2.05) is 0 Å². The average molecular weight is 277 g/mol. The molecule has 7 nitrogen and oxygen atoms in total. The van der Waals surface area contributed by atoms with Crippen molar-refractivity contribution >= 4 is 15.7 Å². The van der Waals surface area contributed by atoms with Gasteiger partial charge >= 0.3 is 5.69 Å². The van der Waals surface area contributed by atoms with Gasteiger partial charge in [-0.1, -0.05) is 0 Å². The molecule has 3 N–H and O–H groups in total. The molecule has 18 heavy (non-hydrogen) atoms. The van der Waals surface area contributed by atoms with Crippen LogP contribution in [0.2, 0.25) is 0 Å². The fourth-order valence-corrected chi connectivity index (χ4v) is 2.45. The molecular formula is C9H12FN3O4S. The summed E-state index contributed by atoms with van der Waals surface area (Å²) in [5.41, 5.74) is 4.48. The van der Waals surface area contributed by atoms with Gasteiger partial charge in [0.1, 0.15) is 0 Å². The molecule has 0 bridgehead atoms. The summed E-state index contributed by atoms with van der Waals surface area (Å²) in [5.74, 6) is -1.21. The molecule has 9 heteroatoms. The fourth-order valence-electron chi connectivity index (χ4n) is 1.18. The highest BCUT2D eigenvalue weighted by atomic mass is 32.2. The number of nitro groups is 1. The SMILES string of the molecule is C[C@H](CN)NS(=O)(=O)c1ccc([N+](=O)[O-])c(F)c1. The monoisotopic (exact) mass is 277 g/mol. The highest BCUT2D eigenvalue weighted by Crippen LogP contribution is 2.20. The van der Waals surface area contributed by atoms with Crippen molar-refractivity contribution < 1.29 is 17.7 Å². The fraction of sp³-hybridized carbons (Fsp3) is 0.333. The van der Waals surface area contributed by atoms with Crippen molar-refractivity contribution in [2.24, 2.45) is 5.73 Å². The first-order valence-electron chi connectivity index (χ1n) is 4.94. The second-order valence-electron chi connectivity index (χ2n) is 3.63. The molecule has 0 saturated carbocycles. The van der Waals surface area contributed by atoms with Crippen molar-refractivity contribution in [2.75, 3.05) is 6.54 Å². The summed E-state index contributed by atoms with van der Waals surface area (Å²) in [7, 11) is -3.93. The standard InChI is InChI=1S/C9H12FN3O4S/c1-6(5-11)12-18(16,17)7-2-3-9(13(14)15)8(10)4-7/h2-4,6,12H,5,11H2,1H3/t6-/m1/s1. The third-order valence-electron chi connectivity index (χ3n) is 2.14. The number of hydrogen-bond acceptors (Lipinski definition) is 5. The number of sulfonamides is 1. The van der Waals surface area contributed by atoms with Crippen LogP contribution in [0.15, 0.2) is 23.1 Å². The number of nitro benzene ring substituents is 1. The number of nitrogens with two attached hydrogens (primary N) is 1. The van der Waals surface area contributed by atoms with E-state index in [4.69, 9.17) is 5.73 Å². The van der Waals surface area contributed by atoms with Crippen molar-refractivity contribution in [1.82, 2.24) is 4.72 Å². The summed E-state index contributed by atoms with van der Waals surface area (Å²) in [6.07, 6.45) is 0. The van der Waals surface area contributed by atoms with E-state index in [9.17, 15) is 22.9 Å². The molecule has 0 aliphatic carbocycles. The summed E-state index contributed by atoms with van der Waals surface area (Å²) >= 11 is 0. The third kappa shape index (κ3) is 3.22. The predicted octanol–water partition coefficient (Wildman–Crippen LogP) is 0.359. The Morgan fingerprint density at radius 3 is 2.61 bits per heavy atom. The number of benzene rings is 1. The van der Waals surface area contributed by atoms with Crippen molar-refractivity contribution in [2.45, 2.75) is 17.9 Å². The normalized spacial score (nSPS) is 13.3. The minimum atomic E-state index is -3.93. The van der Waals surface area contributed by atoms with E-state index in [1.165, 1.54) is 0 Å². The first-order valence-corrected chi connectivity index (χ1v) is 6.42. The number of nitrogens with zero attached hydrogens (tertiary/aromatic N) is 1. The maximum atomic E-state index is 13.3. The molecule has 0 aromatic heterocycles. The predicted molar refractivity (Wildman–Crippen MR) is 61.9 cm³/mol. The lowest BCUT2D eigenvalue weighted by Crippen LogP contribution is -2.37. The molecule has 0 spiro atoms. The Hall–Kier alpha value is -1.58. The zero-order valence-electron chi connectivity index (χ0n) is 9.46. The van der Waals surface area contributed by atoms with Gasteiger partial charge in [0, 0.05) is 24.7 Å². The molecule has 1 aromatic carbocycles. The summed E-state index contributed by atoms with van der Waals surface area (Å²) in [4.78, 5) is 9.08. The van der Waals surface area contributed by atoms with Crippen molar-refractivity contribution in [3.8, 4) is 0 Å². The van der Waals surface area contributed by atoms with Crippen LogP contribution in [0, 0.1) is 15.9 Å². The molecule has 0 aliphatic rings. The molecule has 1 rings (SSSR count). The molecule has 0 amide bonds. The van der Waals surface area contributed by atoms with E-state index >= 15 is 0 Å². The van der Waals surface area contributed by atoms with Crippen LogP contribution in [0.1, 0.15) is 6.92 Å². The second kappa shape index (κ2) is 5.38. The summed E-state index contributed by atoms with van der Waals surface area (Å²) in [6, 6.07) is 1.85. The topological polar surface area (TPSA) is 115 Å². The van der Waals surface area contributed by atoms with E-state index in [0.717, 1.165) is 12.1 Å². The van der Waals surface area contributed by atoms with Crippen LogP contribution < -0.4 is 10.5 Å². The van der Waals surface area contributed by atoms with Crippen LogP contribution in [-0.4, -0.2) is 25.9 Å². The van der Waals surface area contributed by atoms with Crippen LogP contribution in [0.25, 0.3) is 0 Å². The molecule has 100 valence electrons. The maximum absolute atomic E-state index is 13.3. The van der Waals surface area contributed by atoms with E-state index in [1.54, 1.807) is 6.92 Å². The Kier molecular flexibility index (Phi) is 4.33. The van der Waals surface area contributed by atoms with Gasteiger partial charge in [-0.2, -0.15) is 4.39 Å². The average Bonchev–Trinajstić information content (AvgIpc) is 2.27. The summed E-state index contributed by atoms with van der Waals surface area (Å²) in [6.45, 7) is 1.62. The highest BCUT2D eigenvalue weighted by Gasteiger charge is 2.21. The lowest BCUT2D eigenvalue weighted by Gasteiger charge is -2.11. The van der Waals surface area contributed by atoms with Gasteiger partial charge in [0.25, 0.3) is 0 Å². The molecule has 0 aliphatic heterocycles. The molecule has 0 unspecified atom stereocenters. The van der Waals surface area contributed by atoms with Gasteiger partial charge in [-0.3, -0.25) is 10.1 Å². The molecule has 0 fully saturated rings. The minimum Gasteiger partial charge on any atom is -0.329 e. The van der Waals surface area contributed by atoms with Crippen molar-refractivity contribution in [3.63, 3.8) is 0 Å². The zero-order chi connectivity index (χ0) is 13.9. The van der Waals surface area contributed by atoms with E-state index < -0.39 is 32.5 Å². The lowest BCUT2D eigenvalue weighted by atomic mass is 10.3. The van der Waals surface area contributed by atoms with Crippen LogP contribution in [0.5, 0.6) is 0 Å². The largest absolute Gasteiger partial charge is 0.329 e.